The molecule has 1 aliphatic heterocycles. The lowest BCUT2D eigenvalue weighted by molar-refractivity contribution is 0.00695. The van der Waals surface area contributed by atoms with Crippen LogP contribution in [0.4, 0.5) is 5.69 Å². The third-order valence-corrected chi connectivity index (χ3v) is 8.17. The molecule has 5 rings (SSSR count). The van der Waals surface area contributed by atoms with Gasteiger partial charge < -0.3 is 19.5 Å². The van der Waals surface area contributed by atoms with E-state index in [1.807, 2.05) is 39.0 Å². The van der Waals surface area contributed by atoms with E-state index in [1.54, 1.807) is 6.07 Å². The number of benzene rings is 2. The van der Waals surface area contributed by atoms with Gasteiger partial charge in [-0.05, 0) is 106 Å². The van der Waals surface area contributed by atoms with Crippen LogP contribution in [0.2, 0.25) is 5.02 Å². The molecule has 0 radical (unpaired) electrons. The summed E-state index contributed by atoms with van der Waals surface area (Å²) < 4.78 is 12.2. The van der Waals surface area contributed by atoms with E-state index >= 15 is 0 Å². The van der Waals surface area contributed by atoms with Crippen LogP contribution in [0.3, 0.4) is 0 Å². The summed E-state index contributed by atoms with van der Waals surface area (Å²) in [5.41, 5.74) is 3.40. The molecule has 0 amide bonds. The maximum Gasteiger partial charge on any atom is 0.338 e. The fourth-order valence-electron chi connectivity index (χ4n) is 5.98. The fraction of sp³-hybridized carbons (Fsp3) is 0.552. The predicted molar refractivity (Wildman–Crippen MR) is 139 cm³/mol. The zero-order valence-electron chi connectivity index (χ0n) is 21.0. The molecule has 2 aromatic carbocycles. The van der Waals surface area contributed by atoms with Crippen LogP contribution in [-0.4, -0.2) is 43.0 Å². The van der Waals surface area contributed by atoms with E-state index in [4.69, 9.17) is 21.1 Å². The normalized spacial score (nSPS) is 25.7. The van der Waals surface area contributed by atoms with E-state index in [0.717, 1.165) is 61.7 Å². The average molecular weight is 498 g/mol. The van der Waals surface area contributed by atoms with Crippen molar-refractivity contribution in [2.75, 3.05) is 31.2 Å². The molecule has 0 saturated heterocycles. The number of nitrogens with zero attached hydrogens (tertiary/aromatic N) is 1. The van der Waals surface area contributed by atoms with Crippen molar-refractivity contribution >= 4 is 23.3 Å². The topological polar surface area (TPSA) is 59.0 Å². The average Bonchev–Trinajstić information content (AvgIpc) is 2.93. The predicted octanol–water partition coefficient (Wildman–Crippen LogP) is 5.79. The van der Waals surface area contributed by atoms with Gasteiger partial charge in [0.2, 0.25) is 0 Å². The van der Waals surface area contributed by atoms with E-state index in [1.165, 1.54) is 11.1 Å². The molecule has 1 fully saturated rings. The molecule has 35 heavy (non-hydrogen) atoms. The number of halogens is 1. The minimum absolute atomic E-state index is 0.151. The SMILES string of the molecule is CC(C)(C)OC(=O)c1ccc2c(c1)N(C[C@@H]1CC[C@H]1CO)CC1(CCCc3cc(Cl)ccc31)CO2. The van der Waals surface area contributed by atoms with Crippen molar-refractivity contribution in [2.45, 2.75) is 63.9 Å². The summed E-state index contributed by atoms with van der Waals surface area (Å²) in [5, 5.41) is 10.6. The number of aryl methyl sites for hydroxylation is 1. The summed E-state index contributed by atoms with van der Waals surface area (Å²) in [5.74, 6) is 1.25. The first-order valence-electron chi connectivity index (χ1n) is 12.8. The standard InChI is InChI=1S/C29H36ClNO4/c1-28(2,3)35-27(33)20-8-11-26-25(14-20)31(15-21-6-7-22(21)16-32)17-29(18-34-26)12-4-5-19-13-23(30)9-10-24(19)29/h8-11,13-14,21-22,32H,4-7,12,15-18H2,1-3H3/t21-,22-,29?/m0/s1. The number of aliphatic hydroxyl groups excluding tert-OH is 1. The molecule has 1 heterocycles. The Morgan fingerprint density at radius 1 is 1.20 bits per heavy atom. The van der Waals surface area contributed by atoms with Gasteiger partial charge in [0.05, 0.1) is 17.9 Å². The van der Waals surface area contributed by atoms with Crippen LogP contribution in [-0.2, 0) is 16.6 Å². The van der Waals surface area contributed by atoms with Crippen molar-refractivity contribution in [1.29, 1.82) is 0 Å². The molecule has 1 N–H and O–H groups in total. The van der Waals surface area contributed by atoms with Gasteiger partial charge in [0.25, 0.3) is 0 Å². The Bertz CT molecular complexity index is 1110. The molecule has 1 spiro atoms. The first kappa shape index (κ1) is 24.5. The second-order valence-corrected chi connectivity index (χ2v) is 12.0. The number of esters is 1. The van der Waals surface area contributed by atoms with Gasteiger partial charge in [-0.2, -0.15) is 0 Å². The molecule has 0 aromatic heterocycles. The molecule has 6 heteroatoms. The molecule has 1 unspecified atom stereocenters. The summed E-state index contributed by atoms with van der Waals surface area (Å²) >= 11 is 6.35. The van der Waals surface area contributed by atoms with E-state index in [0.29, 0.717) is 24.0 Å². The largest absolute Gasteiger partial charge is 0.490 e. The van der Waals surface area contributed by atoms with E-state index in [9.17, 15) is 9.90 Å². The van der Waals surface area contributed by atoms with Crippen LogP contribution in [0.5, 0.6) is 5.75 Å². The van der Waals surface area contributed by atoms with Crippen molar-refractivity contribution in [3.05, 3.63) is 58.1 Å². The van der Waals surface area contributed by atoms with E-state index in [2.05, 4.69) is 17.0 Å². The van der Waals surface area contributed by atoms with E-state index in [-0.39, 0.29) is 18.0 Å². The molecule has 3 aliphatic rings. The summed E-state index contributed by atoms with van der Waals surface area (Å²) in [6.45, 7) is 8.10. The summed E-state index contributed by atoms with van der Waals surface area (Å²) in [4.78, 5) is 15.3. The highest BCUT2D eigenvalue weighted by Gasteiger charge is 2.43. The van der Waals surface area contributed by atoms with E-state index < -0.39 is 5.60 Å². The highest BCUT2D eigenvalue weighted by Crippen LogP contribution is 2.46. The Balaban J connectivity index is 1.53. The molecule has 5 nitrogen and oxygen atoms in total. The van der Waals surface area contributed by atoms with Crippen LogP contribution in [0.1, 0.15) is 67.9 Å². The molecule has 2 aromatic rings. The van der Waals surface area contributed by atoms with Crippen molar-refractivity contribution in [2.24, 2.45) is 11.8 Å². The highest BCUT2D eigenvalue weighted by molar-refractivity contribution is 6.30. The van der Waals surface area contributed by atoms with Gasteiger partial charge in [-0.15, -0.1) is 0 Å². The lowest BCUT2D eigenvalue weighted by Crippen LogP contribution is -2.48. The molecular weight excluding hydrogens is 462 g/mol. The van der Waals surface area contributed by atoms with Gasteiger partial charge >= 0.3 is 5.97 Å². The molecule has 3 atom stereocenters. The number of rotatable bonds is 4. The molecule has 188 valence electrons. The number of hydrogen-bond acceptors (Lipinski definition) is 5. The third-order valence-electron chi connectivity index (χ3n) is 7.94. The zero-order chi connectivity index (χ0) is 24.8. The summed E-state index contributed by atoms with van der Waals surface area (Å²) in [7, 11) is 0. The second-order valence-electron chi connectivity index (χ2n) is 11.6. The number of aliphatic hydroxyl groups is 1. The van der Waals surface area contributed by atoms with Crippen LogP contribution in [0, 0.1) is 11.8 Å². The molecule has 0 bridgehead atoms. The van der Waals surface area contributed by atoms with Crippen molar-refractivity contribution < 1.29 is 19.4 Å². The van der Waals surface area contributed by atoms with Crippen LogP contribution < -0.4 is 9.64 Å². The number of fused-ring (bicyclic) bond motifs is 3. The highest BCUT2D eigenvalue weighted by atomic mass is 35.5. The third kappa shape index (κ3) is 4.90. The lowest BCUT2D eigenvalue weighted by atomic mass is 9.69. The maximum absolute atomic E-state index is 12.9. The van der Waals surface area contributed by atoms with Crippen LogP contribution >= 0.6 is 11.6 Å². The monoisotopic (exact) mass is 497 g/mol. The first-order valence-corrected chi connectivity index (χ1v) is 13.2. The van der Waals surface area contributed by atoms with Gasteiger partial charge in [0, 0.05) is 30.1 Å². The van der Waals surface area contributed by atoms with Gasteiger partial charge in [-0.25, -0.2) is 4.79 Å². The lowest BCUT2D eigenvalue weighted by Gasteiger charge is -2.44. The van der Waals surface area contributed by atoms with Gasteiger partial charge in [-0.1, -0.05) is 17.7 Å². The minimum atomic E-state index is -0.558. The maximum atomic E-state index is 12.9. The number of carbonyl (C=O) groups is 1. The van der Waals surface area contributed by atoms with Gasteiger partial charge in [-0.3, -0.25) is 0 Å². The smallest absolute Gasteiger partial charge is 0.338 e. The molecule has 2 aliphatic carbocycles. The molecule has 1 saturated carbocycles. The number of hydrogen-bond donors (Lipinski definition) is 1. The fourth-order valence-corrected chi connectivity index (χ4v) is 6.17. The second kappa shape index (κ2) is 9.33. The first-order chi connectivity index (χ1) is 16.7. The van der Waals surface area contributed by atoms with Crippen molar-refractivity contribution in [3.63, 3.8) is 0 Å². The number of ether oxygens (including phenoxy) is 2. The van der Waals surface area contributed by atoms with Crippen molar-refractivity contribution in [3.8, 4) is 5.75 Å². The van der Waals surface area contributed by atoms with Gasteiger partial charge in [0.1, 0.15) is 11.4 Å². The Morgan fingerprint density at radius 2 is 2.00 bits per heavy atom. The van der Waals surface area contributed by atoms with Crippen molar-refractivity contribution in [1.82, 2.24) is 0 Å². The molecular formula is C29H36ClNO4. The zero-order valence-corrected chi connectivity index (χ0v) is 21.7. The summed E-state index contributed by atoms with van der Waals surface area (Å²) in [6.07, 6.45) is 5.35. The van der Waals surface area contributed by atoms with Crippen LogP contribution in [0.25, 0.3) is 0 Å². The quantitative estimate of drug-likeness (QED) is 0.542. The Hall–Kier alpha value is -2.24. The Labute approximate surface area is 213 Å². The minimum Gasteiger partial charge on any atom is -0.490 e. The number of carbonyl (C=O) groups excluding carboxylic acids is 1. The summed E-state index contributed by atoms with van der Waals surface area (Å²) in [6, 6.07) is 11.9. The van der Waals surface area contributed by atoms with Crippen LogP contribution in [0.15, 0.2) is 36.4 Å². The Morgan fingerprint density at radius 3 is 2.71 bits per heavy atom. The van der Waals surface area contributed by atoms with Gasteiger partial charge in [0.15, 0.2) is 0 Å². The number of anilines is 1. The Kier molecular flexibility index (Phi) is 6.52.